The molecule has 4 nitrogen and oxygen atoms in total. The number of benzene rings is 2. The zero-order valence-corrected chi connectivity index (χ0v) is 13.0. The number of amides is 2. The Morgan fingerprint density at radius 1 is 0.958 bits per heavy atom. The zero-order valence-electron chi connectivity index (χ0n) is 13.0. The first kappa shape index (κ1) is 17.5. The Balaban J connectivity index is 2.21. The lowest BCUT2D eigenvalue weighted by Crippen LogP contribution is -2.22. The third-order valence-electron chi connectivity index (χ3n) is 3.23. The molecule has 2 aromatic rings. The van der Waals surface area contributed by atoms with Crippen LogP contribution in [-0.2, 0) is 6.18 Å². The number of carbonyl (C=O) groups excluding carboxylic acids is 2. The molecule has 7 heteroatoms. The minimum atomic E-state index is -4.52. The highest BCUT2D eigenvalue weighted by Gasteiger charge is 2.30. The van der Waals surface area contributed by atoms with Gasteiger partial charge in [-0.05, 0) is 36.4 Å². The number of anilines is 1. The molecule has 0 unspecified atom stereocenters. The Morgan fingerprint density at radius 2 is 1.58 bits per heavy atom. The van der Waals surface area contributed by atoms with E-state index >= 15 is 0 Å². The van der Waals surface area contributed by atoms with E-state index in [0.29, 0.717) is 11.3 Å². The minimum Gasteiger partial charge on any atom is -0.345 e. The highest BCUT2D eigenvalue weighted by Crippen LogP contribution is 2.29. The Labute approximate surface area is 136 Å². The molecule has 0 bridgehead atoms. The Morgan fingerprint density at radius 3 is 2.21 bits per heavy atom. The van der Waals surface area contributed by atoms with E-state index in [1.165, 1.54) is 23.1 Å². The molecule has 0 aromatic heterocycles. The van der Waals surface area contributed by atoms with Crippen LogP contribution in [0.3, 0.4) is 0 Å². The maximum Gasteiger partial charge on any atom is 0.416 e. The summed E-state index contributed by atoms with van der Waals surface area (Å²) in [6.07, 6.45) is -4.52. The molecule has 0 saturated heterocycles. The fraction of sp³-hybridized carbons (Fsp3) is 0.176. The van der Waals surface area contributed by atoms with Crippen LogP contribution in [0, 0.1) is 0 Å². The summed E-state index contributed by atoms with van der Waals surface area (Å²) < 4.78 is 38.1. The number of hydrogen-bond donors (Lipinski definition) is 1. The monoisotopic (exact) mass is 336 g/mol. The lowest BCUT2D eigenvalue weighted by molar-refractivity contribution is -0.137. The second kappa shape index (κ2) is 6.74. The van der Waals surface area contributed by atoms with E-state index in [0.717, 1.165) is 12.1 Å². The topological polar surface area (TPSA) is 49.4 Å². The van der Waals surface area contributed by atoms with Gasteiger partial charge in [-0.1, -0.05) is 12.1 Å². The molecular weight excluding hydrogens is 321 g/mol. The first-order valence-corrected chi connectivity index (χ1v) is 6.99. The molecule has 0 aliphatic carbocycles. The molecule has 2 amide bonds. The standard InChI is InChI=1S/C17H15F3N2O2/c1-22(2)16(24)12-6-4-8-14(10-12)21-15(23)11-5-3-7-13(9-11)17(18,19)20/h3-10H,1-2H3,(H,21,23). The molecule has 126 valence electrons. The molecule has 0 radical (unpaired) electrons. The van der Waals surface area contributed by atoms with Crippen molar-refractivity contribution in [3.63, 3.8) is 0 Å². The van der Waals surface area contributed by atoms with Gasteiger partial charge in [0.15, 0.2) is 0 Å². The van der Waals surface area contributed by atoms with Crippen molar-refractivity contribution in [2.45, 2.75) is 6.18 Å². The Bertz CT molecular complexity index is 770. The van der Waals surface area contributed by atoms with E-state index in [9.17, 15) is 22.8 Å². The van der Waals surface area contributed by atoms with Crippen LogP contribution in [-0.4, -0.2) is 30.8 Å². The lowest BCUT2D eigenvalue weighted by atomic mass is 10.1. The third-order valence-corrected chi connectivity index (χ3v) is 3.23. The predicted octanol–water partition coefficient (Wildman–Crippen LogP) is 3.66. The van der Waals surface area contributed by atoms with Gasteiger partial charge in [-0.2, -0.15) is 13.2 Å². The molecule has 0 atom stereocenters. The first-order valence-electron chi connectivity index (χ1n) is 6.99. The number of rotatable bonds is 3. The van der Waals surface area contributed by atoms with Crippen LogP contribution in [0.25, 0.3) is 0 Å². The van der Waals surface area contributed by atoms with Gasteiger partial charge in [0.2, 0.25) is 0 Å². The molecule has 0 fully saturated rings. The van der Waals surface area contributed by atoms with E-state index in [-0.39, 0.29) is 11.5 Å². The minimum absolute atomic E-state index is 0.117. The summed E-state index contributed by atoms with van der Waals surface area (Å²) >= 11 is 0. The number of carbonyl (C=O) groups is 2. The average Bonchev–Trinajstić information content (AvgIpc) is 2.53. The number of alkyl halides is 3. The first-order chi connectivity index (χ1) is 11.2. The van der Waals surface area contributed by atoms with E-state index < -0.39 is 17.6 Å². The molecule has 2 aromatic carbocycles. The molecule has 0 aliphatic rings. The van der Waals surface area contributed by atoms with Crippen molar-refractivity contribution in [2.24, 2.45) is 0 Å². The van der Waals surface area contributed by atoms with Crippen LogP contribution in [0.15, 0.2) is 48.5 Å². The van der Waals surface area contributed by atoms with Gasteiger partial charge in [-0.3, -0.25) is 9.59 Å². The molecule has 0 spiro atoms. The van der Waals surface area contributed by atoms with Crippen LogP contribution < -0.4 is 5.32 Å². The summed E-state index contributed by atoms with van der Waals surface area (Å²) in [6.45, 7) is 0. The molecule has 1 N–H and O–H groups in total. The summed E-state index contributed by atoms with van der Waals surface area (Å²) in [5, 5.41) is 2.49. The van der Waals surface area contributed by atoms with Crippen molar-refractivity contribution in [3.8, 4) is 0 Å². The lowest BCUT2D eigenvalue weighted by Gasteiger charge is -2.12. The molecule has 0 saturated carbocycles. The summed E-state index contributed by atoms with van der Waals surface area (Å²) in [6, 6.07) is 10.3. The summed E-state index contributed by atoms with van der Waals surface area (Å²) in [5.74, 6) is -0.930. The fourth-order valence-electron chi connectivity index (χ4n) is 2.03. The summed E-state index contributed by atoms with van der Waals surface area (Å²) in [4.78, 5) is 25.4. The van der Waals surface area contributed by atoms with Crippen LogP contribution in [0.1, 0.15) is 26.3 Å². The largest absolute Gasteiger partial charge is 0.416 e. The number of nitrogens with one attached hydrogen (secondary N) is 1. The molecular formula is C17H15F3N2O2. The SMILES string of the molecule is CN(C)C(=O)c1cccc(NC(=O)c2cccc(C(F)(F)F)c2)c1. The summed E-state index contributed by atoms with van der Waals surface area (Å²) in [7, 11) is 3.19. The highest BCUT2D eigenvalue weighted by atomic mass is 19.4. The van der Waals surface area contributed by atoms with Gasteiger partial charge in [-0.15, -0.1) is 0 Å². The van der Waals surface area contributed by atoms with Crippen molar-refractivity contribution in [1.29, 1.82) is 0 Å². The van der Waals surface area contributed by atoms with Gasteiger partial charge in [0.05, 0.1) is 5.56 Å². The van der Waals surface area contributed by atoms with Crippen molar-refractivity contribution in [1.82, 2.24) is 4.90 Å². The Kier molecular flexibility index (Phi) is 4.92. The quantitative estimate of drug-likeness (QED) is 0.930. The van der Waals surface area contributed by atoms with Gasteiger partial charge in [0.1, 0.15) is 0 Å². The zero-order chi connectivity index (χ0) is 17.9. The van der Waals surface area contributed by atoms with Crippen molar-refractivity contribution < 1.29 is 22.8 Å². The van der Waals surface area contributed by atoms with E-state index in [4.69, 9.17) is 0 Å². The second-order valence-electron chi connectivity index (χ2n) is 5.31. The summed E-state index contributed by atoms with van der Waals surface area (Å²) in [5.41, 5.74) is -0.326. The van der Waals surface area contributed by atoms with Crippen molar-refractivity contribution in [2.75, 3.05) is 19.4 Å². The predicted molar refractivity (Wildman–Crippen MR) is 83.9 cm³/mol. The van der Waals surface area contributed by atoms with Crippen molar-refractivity contribution in [3.05, 3.63) is 65.2 Å². The average molecular weight is 336 g/mol. The van der Waals surface area contributed by atoms with Gasteiger partial charge >= 0.3 is 6.18 Å². The number of hydrogen-bond acceptors (Lipinski definition) is 2. The van der Waals surface area contributed by atoms with Crippen LogP contribution in [0.2, 0.25) is 0 Å². The third kappa shape index (κ3) is 4.13. The van der Waals surface area contributed by atoms with Crippen LogP contribution in [0.5, 0.6) is 0 Å². The molecule has 0 heterocycles. The number of nitrogens with zero attached hydrogens (tertiary/aromatic N) is 1. The maximum absolute atomic E-state index is 12.7. The Hall–Kier alpha value is -2.83. The normalized spacial score (nSPS) is 11.0. The van der Waals surface area contributed by atoms with Gasteiger partial charge in [0, 0.05) is 30.9 Å². The fourth-order valence-corrected chi connectivity index (χ4v) is 2.03. The van der Waals surface area contributed by atoms with E-state index in [1.54, 1.807) is 32.3 Å². The maximum atomic E-state index is 12.7. The van der Waals surface area contributed by atoms with E-state index in [2.05, 4.69) is 5.32 Å². The van der Waals surface area contributed by atoms with Gasteiger partial charge < -0.3 is 10.2 Å². The van der Waals surface area contributed by atoms with E-state index in [1.807, 2.05) is 0 Å². The highest BCUT2D eigenvalue weighted by molar-refractivity contribution is 6.05. The van der Waals surface area contributed by atoms with Gasteiger partial charge in [-0.25, -0.2) is 0 Å². The van der Waals surface area contributed by atoms with Crippen LogP contribution in [0.4, 0.5) is 18.9 Å². The molecule has 0 aliphatic heterocycles. The van der Waals surface area contributed by atoms with Crippen molar-refractivity contribution >= 4 is 17.5 Å². The molecule has 2 rings (SSSR count). The number of halogens is 3. The molecule has 24 heavy (non-hydrogen) atoms. The van der Waals surface area contributed by atoms with Crippen LogP contribution >= 0.6 is 0 Å². The second-order valence-corrected chi connectivity index (χ2v) is 5.31. The van der Waals surface area contributed by atoms with Gasteiger partial charge in [0.25, 0.3) is 11.8 Å². The smallest absolute Gasteiger partial charge is 0.345 e.